The highest BCUT2D eigenvalue weighted by atomic mass is 15.1. The van der Waals surface area contributed by atoms with E-state index in [0.717, 1.165) is 0 Å². The number of fused-ring (bicyclic) bond motifs is 1. The molecule has 1 nitrogen and oxygen atoms in total. The predicted octanol–water partition coefficient (Wildman–Crippen LogP) is 6.64. The monoisotopic (exact) mass is 325 g/mol. The third-order valence-corrected chi connectivity index (χ3v) is 5.93. The Morgan fingerprint density at radius 2 is 1.54 bits per heavy atom. The van der Waals surface area contributed by atoms with Crippen LogP contribution in [0.25, 0.3) is 5.57 Å². The first-order valence-electron chi connectivity index (χ1n) is 9.34. The SMILES string of the molecule is CC1=C(\C)[C@@H](C)N(C)c2c(C)c(C)cc(C(C)C)c2/C(C(C)C)=C\1. The Balaban J connectivity index is 3.00. The van der Waals surface area contributed by atoms with Crippen molar-refractivity contribution in [3.63, 3.8) is 0 Å². The minimum atomic E-state index is 0.411. The van der Waals surface area contributed by atoms with Gasteiger partial charge in [0.05, 0.1) is 0 Å². The van der Waals surface area contributed by atoms with Crippen molar-refractivity contribution >= 4 is 11.3 Å². The number of hydrogen-bond acceptors (Lipinski definition) is 1. The highest BCUT2D eigenvalue weighted by Gasteiger charge is 2.27. The molecule has 1 aromatic rings. The van der Waals surface area contributed by atoms with Crippen molar-refractivity contribution in [2.24, 2.45) is 5.92 Å². The van der Waals surface area contributed by atoms with Crippen LogP contribution in [0.15, 0.2) is 23.3 Å². The zero-order valence-electron chi connectivity index (χ0n) is 17.3. The number of hydrogen-bond donors (Lipinski definition) is 0. The molecular weight excluding hydrogens is 290 g/mol. The molecule has 0 bridgehead atoms. The van der Waals surface area contributed by atoms with Crippen LogP contribution in [-0.2, 0) is 0 Å². The molecule has 132 valence electrons. The van der Waals surface area contributed by atoms with Crippen molar-refractivity contribution in [1.82, 2.24) is 0 Å². The van der Waals surface area contributed by atoms with Crippen LogP contribution in [0.4, 0.5) is 5.69 Å². The zero-order chi connectivity index (χ0) is 18.3. The van der Waals surface area contributed by atoms with Crippen LogP contribution in [0.3, 0.4) is 0 Å². The first-order chi connectivity index (χ1) is 11.1. The average molecular weight is 326 g/mol. The van der Waals surface area contributed by atoms with E-state index in [4.69, 9.17) is 0 Å². The van der Waals surface area contributed by atoms with Crippen LogP contribution in [0, 0.1) is 19.8 Å². The lowest BCUT2D eigenvalue weighted by molar-refractivity contribution is 0.754. The standard InChI is InChI=1S/C23H35N/c1-13(2)20-11-15(5)17(7)19(9)24(10)23-18(8)16(6)12-21(14(3)4)22(20)23/h11-14,19H,1-10H3/b17-15-,20-11-/t19-/m1/s1. The van der Waals surface area contributed by atoms with Crippen LogP contribution in [0.5, 0.6) is 0 Å². The van der Waals surface area contributed by atoms with Crippen molar-refractivity contribution in [2.45, 2.75) is 74.3 Å². The van der Waals surface area contributed by atoms with Crippen LogP contribution < -0.4 is 4.90 Å². The molecule has 0 fully saturated rings. The molecule has 1 aliphatic rings. The fraction of sp³-hybridized carbons (Fsp3) is 0.565. The summed E-state index contributed by atoms with van der Waals surface area (Å²) in [5.74, 6) is 1.03. The Morgan fingerprint density at radius 3 is 2.04 bits per heavy atom. The molecule has 1 aromatic carbocycles. The van der Waals surface area contributed by atoms with E-state index in [9.17, 15) is 0 Å². The molecule has 0 radical (unpaired) electrons. The summed E-state index contributed by atoms with van der Waals surface area (Å²) in [6.45, 7) is 20.7. The van der Waals surface area contributed by atoms with Gasteiger partial charge >= 0.3 is 0 Å². The van der Waals surface area contributed by atoms with Gasteiger partial charge in [-0.1, -0.05) is 39.8 Å². The second kappa shape index (κ2) is 6.78. The third kappa shape index (κ3) is 3.06. The quantitative estimate of drug-likeness (QED) is 0.589. The van der Waals surface area contributed by atoms with Crippen LogP contribution in [-0.4, -0.2) is 13.1 Å². The maximum Gasteiger partial charge on any atom is 0.0480 e. The topological polar surface area (TPSA) is 3.24 Å². The number of aryl methyl sites for hydroxylation is 1. The van der Waals surface area contributed by atoms with E-state index in [1.54, 1.807) is 0 Å². The largest absolute Gasteiger partial charge is 0.367 e. The summed E-state index contributed by atoms with van der Waals surface area (Å²) in [5.41, 5.74) is 11.6. The lowest BCUT2D eigenvalue weighted by atomic mass is 9.80. The van der Waals surface area contributed by atoms with Crippen molar-refractivity contribution in [1.29, 1.82) is 0 Å². The summed E-state index contributed by atoms with van der Waals surface area (Å²) < 4.78 is 0. The second-order valence-corrected chi connectivity index (χ2v) is 8.19. The van der Waals surface area contributed by atoms with Gasteiger partial charge in [-0.15, -0.1) is 0 Å². The normalized spacial score (nSPS) is 23.9. The highest BCUT2D eigenvalue weighted by Crippen LogP contribution is 2.43. The van der Waals surface area contributed by atoms with Gasteiger partial charge in [0.15, 0.2) is 0 Å². The van der Waals surface area contributed by atoms with Gasteiger partial charge in [-0.2, -0.15) is 0 Å². The summed E-state index contributed by atoms with van der Waals surface area (Å²) in [4.78, 5) is 2.50. The molecule has 0 spiro atoms. The van der Waals surface area contributed by atoms with Crippen molar-refractivity contribution in [3.8, 4) is 0 Å². The van der Waals surface area contributed by atoms with E-state index in [0.29, 0.717) is 17.9 Å². The number of likely N-dealkylation sites (N-methyl/N-ethyl adjacent to an activating group) is 1. The van der Waals surface area contributed by atoms with Crippen molar-refractivity contribution < 1.29 is 0 Å². The smallest absolute Gasteiger partial charge is 0.0480 e. The Kier molecular flexibility index (Phi) is 5.32. The molecule has 0 aromatic heterocycles. The number of benzene rings is 1. The van der Waals surface area contributed by atoms with Gasteiger partial charge in [-0.25, -0.2) is 0 Å². The maximum atomic E-state index is 2.50. The molecule has 1 aliphatic heterocycles. The molecule has 24 heavy (non-hydrogen) atoms. The molecule has 1 heteroatoms. The first kappa shape index (κ1) is 18.8. The molecule has 0 saturated carbocycles. The number of allylic oxidation sites excluding steroid dienone is 3. The predicted molar refractivity (Wildman–Crippen MR) is 109 cm³/mol. The second-order valence-electron chi connectivity index (χ2n) is 8.19. The van der Waals surface area contributed by atoms with Gasteiger partial charge in [-0.3, -0.25) is 0 Å². The molecule has 1 atom stereocenters. The van der Waals surface area contributed by atoms with E-state index in [-0.39, 0.29) is 0 Å². The van der Waals surface area contributed by atoms with E-state index in [1.807, 2.05) is 0 Å². The molecule has 0 unspecified atom stereocenters. The van der Waals surface area contributed by atoms with Gasteiger partial charge in [0.2, 0.25) is 0 Å². The lowest BCUT2D eigenvalue weighted by Gasteiger charge is -2.37. The summed E-state index contributed by atoms with van der Waals surface area (Å²) in [6, 6.07) is 2.83. The number of anilines is 1. The van der Waals surface area contributed by atoms with E-state index < -0.39 is 0 Å². The van der Waals surface area contributed by atoms with Crippen molar-refractivity contribution in [2.75, 3.05) is 11.9 Å². The molecule has 2 rings (SSSR count). The van der Waals surface area contributed by atoms with E-state index >= 15 is 0 Å². The van der Waals surface area contributed by atoms with Gasteiger partial charge in [0.25, 0.3) is 0 Å². The number of nitrogens with zero attached hydrogens (tertiary/aromatic N) is 1. The fourth-order valence-corrected chi connectivity index (χ4v) is 3.81. The summed E-state index contributed by atoms with van der Waals surface area (Å²) in [5, 5.41) is 0. The Labute approximate surface area is 149 Å². The minimum Gasteiger partial charge on any atom is -0.367 e. The Bertz CT molecular complexity index is 701. The summed E-state index contributed by atoms with van der Waals surface area (Å²) in [6.07, 6.45) is 2.45. The maximum absolute atomic E-state index is 2.50. The Hall–Kier alpha value is -1.50. The average Bonchev–Trinajstić information content (AvgIpc) is 2.51. The molecule has 0 saturated heterocycles. The van der Waals surface area contributed by atoms with Crippen LogP contribution in [0.1, 0.15) is 76.6 Å². The van der Waals surface area contributed by atoms with Gasteiger partial charge < -0.3 is 4.90 Å². The molecule has 0 N–H and O–H groups in total. The van der Waals surface area contributed by atoms with Crippen molar-refractivity contribution in [3.05, 3.63) is 45.5 Å². The third-order valence-electron chi connectivity index (χ3n) is 5.93. The molecule has 0 aliphatic carbocycles. The fourth-order valence-electron chi connectivity index (χ4n) is 3.81. The van der Waals surface area contributed by atoms with Gasteiger partial charge in [-0.05, 0) is 79.9 Å². The van der Waals surface area contributed by atoms with E-state index in [2.05, 4.69) is 86.4 Å². The lowest BCUT2D eigenvalue weighted by Crippen LogP contribution is -2.33. The van der Waals surface area contributed by atoms with Gasteiger partial charge in [0, 0.05) is 24.3 Å². The van der Waals surface area contributed by atoms with Gasteiger partial charge in [0.1, 0.15) is 0 Å². The van der Waals surface area contributed by atoms with E-state index in [1.165, 1.54) is 44.7 Å². The van der Waals surface area contributed by atoms with Crippen LogP contribution >= 0.6 is 0 Å². The van der Waals surface area contributed by atoms with Crippen LogP contribution in [0.2, 0.25) is 0 Å². The molecule has 0 amide bonds. The zero-order valence-corrected chi connectivity index (χ0v) is 17.3. The first-order valence-corrected chi connectivity index (χ1v) is 9.34. The molecule has 1 heterocycles. The molecular formula is C23H35N. The minimum absolute atomic E-state index is 0.411. The highest BCUT2D eigenvalue weighted by molar-refractivity contribution is 5.85. The summed E-state index contributed by atoms with van der Waals surface area (Å²) in [7, 11) is 2.26. The number of rotatable bonds is 2. The Morgan fingerprint density at radius 1 is 0.958 bits per heavy atom. The summed E-state index contributed by atoms with van der Waals surface area (Å²) >= 11 is 0.